The first-order valence-electron chi connectivity index (χ1n) is 7.24. The molecular formula is C16H16N4. The lowest BCUT2D eigenvalue weighted by Crippen LogP contribution is -2.13. The predicted molar refractivity (Wildman–Crippen MR) is 77.3 cm³/mol. The van der Waals surface area contributed by atoms with Crippen LogP contribution in [0, 0.1) is 11.3 Å². The Morgan fingerprint density at radius 2 is 2.20 bits per heavy atom. The zero-order chi connectivity index (χ0) is 13.3. The topological polar surface area (TPSA) is 57.4 Å². The fraction of sp³-hybridized carbons (Fsp3) is 0.375. The smallest absolute Gasteiger partial charge is 0.159 e. The number of hydrogen-bond donors (Lipinski definition) is 2. The number of H-pyrrole nitrogens is 2. The van der Waals surface area contributed by atoms with Crippen LogP contribution in [0.15, 0.2) is 24.3 Å². The largest absolute Gasteiger partial charge is 0.337 e. The third kappa shape index (κ3) is 1.31. The molecule has 100 valence electrons. The number of benzene rings is 1. The third-order valence-corrected chi connectivity index (χ3v) is 5.14. The van der Waals surface area contributed by atoms with Crippen LogP contribution in [0.25, 0.3) is 22.6 Å². The van der Waals surface area contributed by atoms with Gasteiger partial charge < -0.3 is 4.98 Å². The molecule has 0 spiro atoms. The van der Waals surface area contributed by atoms with Crippen molar-refractivity contribution in [2.24, 2.45) is 11.3 Å². The number of rotatable bonds is 1. The first kappa shape index (κ1) is 10.7. The van der Waals surface area contributed by atoms with E-state index in [1.807, 2.05) is 18.2 Å². The maximum atomic E-state index is 4.68. The molecule has 4 heteroatoms. The highest BCUT2D eigenvalue weighted by Gasteiger charge is 2.53. The van der Waals surface area contributed by atoms with E-state index in [2.05, 4.69) is 33.2 Å². The first-order chi connectivity index (χ1) is 9.73. The molecule has 1 fully saturated rings. The average Bonchev–Trinajstić information content (AvgIpc) is 2.80. The van der Waals surface area contributed by atoms with Gasteiger partial charge in [0.2, 0.25) is 0 Å². The van der Waals surface area contributed by atoms with E-state index < -0.39 is 0 Å². The third-order valence-electron chi connectivity index (χ3n) is 5.14. The van der Waals surface area contributed by atoms with Gasteiger partial charge in [0.05, 0.1) is 11.0 Å². The van der Waals surface area contributed by atoms with Gasteiger partial charge in [-0.1, -0.05) is 19.1 Å². The highest BCUT2D eigenvalue weighted by Crippen LogP contribution is 2.59. The van der Waals surface area contributed by atoms with E-state index in [-0.39, 0.29) is 0 Å². The summed E-state index contributed by atoms with van der Waals surface area (Å²) in [5.74, 6) is 1.74. The van der Waals surface area contributed by atoms with Gasteiger partial charge in [0.25, 0.3) is 0 Å². The normalized spacial score (nSPS) is 27.4. The second-order valence-electron chi connectivity index (χ2n) is 6.57. The molecule has 2 atom stereocenters. The van der Waals surface area contributed by atoms with E-state index in [4.69, 9.17) is 0 Å². The SMILES string of the molecule is C[C@@]12Cc3[nH]nc(-c4nc5ccccc5[nH]4)c3C[C@@H]1C2. The summed E-state index contributed by atoms with van der Waals surface area (Å²) in [7, 11) is 0. The van der Waals surface area contributed by atoms with Crippen LogP contribution in [0.5, 0.6) is 0 Å². The average molecular weight is 264 g/mol. The van der Waals surface area contributed by atoms with Gasteiger partial charge in [0.1, 0.15) is 5.69 Å². The lowest BCUT2D eigenvalue weighted by atomic mass is 9.88. The summed E-state index contributed by atoms with van der Waals surface area (Å²) >= 11 is 0. The Morgan fingerprint density at radius 1 is 1.30 bits per heavy atom. The first-order valence-corrected chi connectivity index (χ1v) is 7.24. The summed E-state index contributed by atoms with van der Waals surface area (Å²) in [6, 6.07) is 8.14. The Kier molecular flexibility index (Phi) is 1.77. The lowest BCUT2D eigenvalue weighted by Gasteiger charge is -2.17. The molecule has 0 aliphatic heterocycles. The summed E-state index contributed by atoms with van der Waals surface area (Å²) in [6.07, 6.45) is 3.64. The fourth-order valence-electron chi connectivity index (χ4n) is 3.72. The van der Waals surface area contributed by atoms with Crippen molar-refractivity contribution >= 4 is 11.0 Å². The minimum absolute atomic E-state index is 0.532. The van der Waals surface area contributed by atoms with E-state index >= 15 is 0 Å². The molecule has 2 N–H and O–H groups in total. The Bertz CT molecular complexity index is 795. The van der Waals surface area contributed by atoms with Crippen molar-refractivity contribution in [3.8, 4) is 11.5 Å². The summed E-state index contributed by atoms with van der Waals surface area (Å²) in [5.41, 5.74) is 6.33. The van der Waals surface area contributed by atoms with Crippen molar-refractivity contribution < 1.29 is 0 Å². The zero-order valence-electron chi connectivity index (χ0n) is 11.4. The van der Waals surface area contributed by atoms with Gasteiger partial charge >= 0.3 is 0 Å². The minimum atomic E-state index is 0.532. The molecule has 0 bridgehead atoms. The molecule has 2 aliphatic rings. The minimum Gasteiger partial charge on any atom is -0.337 e. The van der Waals surface area contributed by atoms with Crippen LogP contribution in [0.4, 0.5) is 0 Å². The predicted octanol–water partition coefficient (Wildman–Crippen LogP) is 3.08. The molecule has 3 aromatic rings. The summed E-state index contributed by atoms with van der Waals surface area (Å²) in [6.45, 7) is 2.39. The number of imidazole rings is 1. The van der Waals surface area contributed by atoms with E-state index in [0.29, 0.717) is 5.41 Å². The van der Waals surface area contributed by atoms with Gasteiger partial charge in [-0.05, 0) is 42.7 Å². The number of aromatic nitrogens is 4. The van der Waals surface area contributed by atoms with Crippen LogP contribution in [-0.2, 0) is 12.8 Å². The second kappa shape index (κ2) is 3.32. The van der Waals surface area contributed by atoms with E-state index in [1.54, 1.807) is 0 Å². The second-order valence-corrected chi connectivity index (χ2v) is 6.57. The Hall–Kier alpha value is -2.10. The van der Waals surface area contributed by atoms with Crippen molar-refractivity contribution in [1.29, 1.82) is 0 Å². The number of aromatic amines is 2. The lowest BCUT2D eigenvalue weighted by molar-refractivity contribution is 0.467. The molecular weight excluding hydrogens is 248 g/mol. The molecule has 4 nitrogen and oxygen atoms in total. The van der Waals surface area contributed by atoms with Crippen LogP contribution in [0.2, 0.25) is 0 Å². The van der Waals surface area contributed by atoms with Crippen LogP contribution in [0.3, 0.4) is 0 Å². The summed E-state index contributed by atoms with van der Waals surface area (Å²) < 4.78 is 0. The number of nitrogens with one attached hydrogen (secondary N) is 2. The van der Waals surface area contributed by atoms with Crippen molar-refractivity contribution in [2.75, 3.05) is 0 Å². The number of para-hydroxylation sites is 2. The van der Waals surface area contributed by atoms with Crippen molar-refractivity contribution in [3.05, 3.63) is 35.5 Å². The van der Waals surface area contributed by atoms with Gasteiger partial charge in [-0.3, -0.25) is 5.10 Å². The molecule has 1 saturated carbocycles. The standard InChI is InChI=1S/C16H16N4/c1-16-7-9(16)6-10-13(8-16)19-20-14(10)15-17-11-4-2-3-5-12(11)18-15/h2-5,9H,6-8H2,1H3,(H,17,18)(H,19,20)/t9-,16-/m1/s1. The monoisotopic (exact) mass is 264 g/mol. The zero-order valence-corrected chi connectivity index (χ0v) is 11.4. The number of nitrogens with zero attached hydrogens (tertiary/aromatic N) is 2. The van der Waals surface area contributed by atoms with E-state index in [9.17, 15) is 0 Å². The molecule has 2 heterocycles. The van der Waals surface area contributed by atoms with Crippen LogP contribution in [-0.4, -0.2) is 20.2 Å². The number of hydrogen-bond acceptors (Lipinski definition) is 2. The number of fused-ring (bicyclic) bond motifs is 3. The Labute approximate surface area is 116 Å². The Morgan fingerprint density at radius 3 is 3.10 bits per heavy atom. The molecule has 0 radical (unpaired) electrons. The Balaban J connectivity index is 1.65. The molecule has 0 unspecified atom stereocenters. The molecule has 20 heavy (non-hydrogen) atoms. The summed E-state index contributed by atoms with van der Waals surface area (Å²) in [4.78, 5) is 8.07. The molecule has 0 saturated heterocycles. The highest BCUT2D eigenvalue weighted by atomic mass is 15.1. The van der Waals surface area contributed by atoms with Crippen molar-refractivity contribution in [1.82, 2.24) is 20.2 Å². The van der Waals surface area contributed by atoms with Gasteiger partial charge in [-0.15, -0.1) is 0 Å². The van der Waals surface area contributed by atoms with Gasteiger partial charge in [0, 0.05) is 11.3 Å². The maximum Gasteiger partial charge on any atom is 0.159 e. The van der Waals surface area contributed by atoms with Crippen LogP contribution in [0.1, 0.15) is 24.6 Å². The molecule has 1 aromatic carbocycles. The van der Waals surface area contributed by atoms with Gasteiger partial charge in [0.15, 0.2) is 5.82 Å². The highest BCUT2D eigenvalue weighted by molar-refractivity contribution is 5.79. The van der Waals surface area contributed by atoms with Crippen LogP contribution < -0.4 is 0 Å². The molecule has 0 amide bonds. The van der Waals surface area contributed by atoms with E-state index in [1.165, 1.54) is 17.7 Å². The quantitative estimate of drug-likeness (QED) is 0.709. The van der Waals surface area contributed by atoms with Crippen molar-refractivity contribution in [2.45, 2.75) is 26.2 Å². The van der Waals surface area contributed by atoms with Crippen LogP contribution >= 0.6 is 0 Å². The molecule has 5 rings (SSSR count). The summed E-state index contributed by atoms with van der Waals surface area (Å²) in [5, 5.41) is 7.77. The van der Waals surface area contributed by atoms with Gasteiger partial charge in [-0.2, -0.15) is 5.10 Å². The fourth-order valence-corrected chi connectivity index (χ4v) is 3.72. The molecule has 2 aliphatic carbocycles. The molecule has 2 aromatic heterocycles. The van der Waals surface area contributed by atoms with Crippen molar-refractivity contribution in [3.63, 3.8) is 0 Å². The maximum absolute atomic E-state index is 4.68. The van der Waals surface area contributed by atoms with Gasteiger partial charge in [-0.25, -0.2) is 4.98 Å². The van der Waals surface area contributed by atoms with E-state index in [0.717, 1.165) is 41.3 Å².